The summed E-state index contributed by atoms with van der Waals surface area (Å²) in [6.07, 6.45) is 19.9. The summed E-state index contributed by atoms with van der Waals surface area (Å²) in [6.45, 7) is 11.3. The molecule has 0 aromatic heterocycles. The first-order chi connectivity index (χ1) is 13.4. The molecule has 0 fully saturated rings. The van der Waals surface area contributed by atoms with Gasteiger partial charge in [-0.05, 0) is 30.6 Å². The standard InChI is InChI=1S/C26H52O2/c1-6-8-19-24(16-7-2)21-25(26(27)28)20-23(5)18-15-13-11-9-10-12-14-17-22(3)4/h22-25H,6-21H2,1-5H3,(H,27,28). The molecule has 0 spiro atoms. The Morgan fingerprint density at radius 3 is 1.75 bits per heavy atom. The Balaban J connectivity index is 3.97. The van der Waals surface area contributed by atoms with Crippen molar-refractivity contribution in [1.29, 1.82) is 0 Å². The van der Waals surface area contributed by atoms with Crippen LogP contribution in [0, 0.1) is 23.7 Å². The minimum atomic E-state index is -0.564. The third-order valence-corrected chi connectivity index (χ3v) is 6.30. The van der Waals surface area contributed by atoms with E-state index in [1.165, 1.54) is 89.9 Å². The molecule has 0 radical (unpaired) electrons. The highest BCUT2D eigenvalue weighted by atomic mass is 16.4. The molecule has 28 heavy (non-hydrogen) atoms. The Kier molecular flexibility index (Phi) is 18.1. The highest BCUT2D eigenvalue weighted by Gasteiger charge is 2.24. The third kappa shape index (κ3) is 16.4. The SMILES string of the molecule is CCCCC(CCC)CC(CC(C)CCCCCCCCCC(C)C)C(=O)O. The topological polar surface area (TPSA) is 37.3 Å². The maximum Gasteiger partial charge on any atom is 0.306 e. The molecule has 0 bridgehead atoms. The molecule has 0 aromatic carbocycles. The first-order valence-corrected chi connectivity index (χ1v) is 12.6. The lowest BCUT2D eigenvalue weighted by Gasteiger charge is -2.23. The van der Waals surface area contributed by atoms with Crippen LogP contribution in [-0.2, 0) is 4.79 Å². The van der Waals surface area contributed by atoms with Crippen molar-refractivity contribution in [3.05, 3.63) is 0 Å². The van der Waals surface area contributed by atoms with Gasteiger partial charge in [0, 0.05) is 0 Å². The molecule has 168 valence electrons. The second kappa shape index (κ2) is 18.5. The summed E-state index contributed by atoms with van der Waals surface area (Å²) in [5, 5.41) is 9.71. The zero-order chi connectivity index (χ0) is 21.2. The van der Waals surface area contributed by atoms with Crippen molar-refractivity contribution in [2.45, 2.75) is 137 Å². The fourth-order valence-corrected chi connectivity index (χ4v) is 4.51. The molecule has 1 N–H and O–H groups in total. The summed E-state index contributed by atoms with van der Waals surface area (Å²) in [7, 11) is 0. The summed E-state index contributed by atoms with van der Waals surface area (Å²) < 4.78 is 0. The zero-order valence-electron chi connectivity index (χ0n) is 20.0. The normalized spacial score (nSPS) is 14.9. The monoisotopic (exact) mass is 396 g/mol. The number of carboxylic acids is 1. The lowest BCUT2D eigenvalue weighted by atomic mass is 9.82. The molecule has 0 amide bonds. The van der Waals surface area contributed by atoms with Crippen molar-refractivity contribution >= 4 is 5.97 Å². The Labute approximate surface area is 177 Å². The van der Waals surface area contributed by atoms with Gasteiger partial charge in [0.05, 0.1) is 5.92 Å². The largest absolute Gasteiger partial charge is 0.481 e. The van der Waals surface area contributed by atoms with E-state index in [9.17, 15) is 9.90 Å². The van der Waals surface area contributed by atoms with Crippen molar-refractivity contribution in [3.8, 4) is 0 Å². The van der Waals surface area contributed by atoms with E-state index in [0.717, 1.165) is 18.8 Å². The molecule has 0 aliphatic heterocycles. The van der Waals surface area contributed by atoms with Gasteiger partial charge in [0.25, 0.3) is 0 Å². The molecule has 2 heteroatoms. The van der Waals surface area contributed by atoms with Gasteiger partial charge in [-0.3, -0.25) is 4.79 Å². The van der Waals surface area contributed by atoms with Crippen LogP contribution >= 0.6 is 0 Å². The Morgan fingerprint density at radius 1 is 0.679 bits per heavy atom. The average Bonchev–Trinajstić information content (AvgIpc) is 2.63. The molecular formula is C26H52O2. The van der Waals surface area contributed by atoms with E-state index in [1.54, 1.807) is 0 Å². The lowest BCUT2D eigenvalue weighted by molar-refractivity contribution is -0.143. The average molecular weight is 397 g/mol. The van der Waals surface area contributed by atoms with E-state index >= 15 is 0 Å². The molecule has 2 nitrogen and oxygen atoms in total. The smallest absolute Gasteiger partial charge is 0.306 e. The molecule has 0 heterocycles. The Bertz CT molecular complexity index is 350. The Hall–Kier alpha value is -0.530. The number of carbonyl (C=O) groups is 1. The highest BCUT2D eigenvalue weighted by Crippen LogP contribution is 2.29. The van der Waals surface area contributed by atoms with Gasteiger partial charge >= 0.3 is 5.97 Å². The maximum absolute atomic E-state index is 11.8. The molecule has 0 aromatic rings. The summed E-state index contributed by atoms with van der Waals surface area (Å²) in [5.41, 5.74) is 0. The lowest BCUT2D eigenvalue weighted by Crippen LogP contribution is -2.20. The predicted molar refractivity (Wildman–Crippen MR) is 124 cm³/mol. The van der Waals surface area contributed by atoms with Crippen LogP contribution in [0.4, 0.5) is 0 Å². The number of carboxylic acid groups (broad SMARTS) is 1. The minimum Gasteiger partial charge on any atom is -0.481 e. The molecule has 0 aliphatic rings. The van der Waals surface area contributed by atoms with Crippen molar-refractivity contribution in [2.75, 3.05) is 0 Å². The van der Waals surface area contributed by atoms with Gasteiger partial charge in [-0.1, -0.05) is 125 Å². The van der Waals surface area contributed by atoms with Gasteiger partial charge in [0.15, 0.2) is 0 Å². The van der Waals surface area contributed by atoms with Crippen LogP contribution in [0.5, 0.6) is 0 Å². The van der Waals surface area contributed by atoms with Crippen LogP contribution < -0.4 is 0 Å². The highest BCUT2D eigenvalue weighted by molar-refractivity contribution is 5.69. The molecule has 0 saturated heterocycles. The van der Waals surface area contributed by atoms with Crippen LogP contribution in [0.3, 0.4) is 0 Å². The maximum atomic E-state index is 11.8. The number of unbranched alkanes of at least 4 members (excludes halogenated alkanes) is 7. The van der Waals surface area contributed by atoms with Crippen LogP contribution in [0.25, 0.3) is 0 Å². The number of hydrogen-bond donors (Lipinski definition) is 1. The van der Waals surface area contributed by atoms with Crippen LogP contribution in [0.2, 0.25) is 0 Å². The molecule has 3 atom stereocenters. The fraction of sp³-hybridized carbons (Fsp3) is 0.962. The van der Waals surface area contributed by atoms with E-state index in [1.807, 2.05) is 0 Å². The zero-order valence-corrected chi connectivity index (χ0v) is 20.0. The summed E-state index contributed by atoms with van der Waals surface area (Å²) in [6, 6.07) is 0. The molecular weight excluding hydrogens is 344 g/mol. The summed E-state index contributed by atoms with van der Waals surface area (Å²) in [4.78, 5) is 11.8. The predicted octanol–water partition coefficient (Wildman–Crippen LogP) is 8.88. The van der Waals surface area contributed by atoms with Gasteiger partial charge in [0.1, 0.15) is 0 Å². The van der Waals surface area contributed by atoms with Crippen molar-refractivity contribution < 1.29 is 9.90 Å². The molecule has 3 unspecified atom stereocenters. The number of aliphatic carboxylic acids is 1. The second-order valence-electron chi connectivity index (χ2n) is 9.85. The van der Waals surface area contributed by atoms with E-state index in [4.69, 9.17) is 0 Å². The van der Waals surface area contributed by atoms with E-state index in [-0.39, 0.29) is 5.92 Å². The fourth-order valence-electron chi connectivity index (χ4n) is 4.51. The van der Waals surface area contributed by atoms with Crippen molar-refractivity contribution in [2.24, 2.45) is 23.7 Å². The number of rotatable bonds is 20. The van der Waals surface area contributed by atoms with Gasteiger partial charge in [-0.25, -0.2) is 0 Å². The van der Waals surface area contributed by atoms with Gasteiger partial charge in [-0.2, -0.15) is 0 Å². The summed E-state index contributed by atoms with van der Waals surface area (Å²) >= 11 is 0. The first-order valence-electron chi connectivity index (χ1n) is 12.6. The van der Waals surface area contributed by atoms with Gasteiger partial charge in [-0.15, -0.1) is 0 Å². The van der Waals surface area contributed by atoms with Crippen LogP contribution in [0.1, 0.15) is 137 Å². The quantitative estimate of drug-likeness (QED) is 0.209. The van der Waals surface area contributed by atoms with Crippen molar-refractivity contribution in [1.82, 2.24) is 0 Å². The van der Waals surface area contributed by atoms with Gasteiger partial charge < -0.3 is 5.11 Å². The van der Waals surface area contributed by atoms with Crippen LogP contribution in [-0.4, -0.2) is 11.1 Å². The van der Waals surface area contributed by atoms with Crippen LogP contribution in [0.15, 0.2) is 0 Å². The molecule has 0 rings (SSSR count). The van der Waals surface area contributed by atoms with E-state index in [2.05, 4.69) is 34.6 Å². The van der Waals surface area contributed by atoms with E-state index in [0.29, 0.717) is 11.8 Å². The first kappa shape index (κ1) is 27.5. The van der Waals surface area contributed by atoms with Crippen molar-refractivity contribution in [3.63, 3.8) is 0 Å². The molecule has 0 saturated carbocycles. The van der Waals surface area contributed by atoms with Gasteiger partial charge in [0.2, 0.25) is 0 Å². The molecule has 0 aliphatic carbocycles. The van der Waals surface area contributed by atoms with E-state index < -0.39 is 5.97 Å². The summed E-state index contributed by atoms with van der Waals surface area (Å²) in [5.74, 6) is 1.30. The third-order valence-electron chi connectivity index (χ3n) is 6.30. The second-order valence-corrected chi connectivity index (χ2v) is 9.85. The Morgan fingerprint density at radius 2 is 1.25 bits per heavy atom. The number of hydrogen-bond acceptors (Lipinski definition) is 1. The minimum absolute atomic E-state index is 0.135.